The molecule has 0 saturated heterocycles. The molecule has 0 spiro atoms. The number of aryl methyl sites for hydroxylation is 1. The lowest BCUT2D eigenvalue weighted by molar-refractivity contribution is 0.0934. The highest BCUT2D eigenvalue weighted by Gasteiger charge is 2.17. The Morgan fingerprint density at radius 3 is 2.70 bits per heavy atom. The first-order valence-corrected chi connectivity index (χ1v) is 7.48. The van der Waals surface area contributed by atoms with Gasteiger partial charge >= 0.3 is 0 Å². The van der Waals surface area contributed by atoms with Crippen LogP contribution in [0.5, 0.6) is 0 Å². The van der Waals surface area contributed by atoms with E-state index in [2.05, 4.69) is 15.4 Å². The van der Waals surface area contributed by atoms with Crippen LogP contribution in [-0.2, 0) is 0 Å². The van der Waals surface area contributed by atoms with E-state index in [-0.39, 0.29) is 11.9 Å². The standard InChI is InChI=1S/C18H18N4O/c1-13-7-5-10-19-17(13)18(23)21-14(2)15-8-3-4-9-16(15)22-12-6-11-20-22/h3-12,14H,1-2H3,(H,21,23)/t14-/m1/s1. The van der Waals surface area contributed by atoms with E-state index in [0.29, 0.717) is 5.69 Å². The molecule has 2 aromatic heterocycles. The van der Waals surface area contributed by atoms with Crippen molar-refractivity contribution in [2.45, 2.75) is 19.9 Å². The second-order valence-corrected chi connectivity index (χ2v) is 5.37. The van der Waals surface area contributed by atoms with Crippen LogP contribution in [0.2, 0.25) is 0 Å². The molecule has 0 fully saturated rings. The van der Waals surface area contributed by atoms with Gasteiger partial charge in [0.1, 0.15) is 5.69 Å². The maximum atomic E-state index is 12.5. The zero-order valence-corrected chi connectivity index (χ0v) is 13.1. The summed E-state index contributed by atoms with van der Waals surface area (Å²) in [7, 11) is 0. The number of aromatic nitrogens is 3. The highest BCUT2D eigenvalue weighted by molar-refractivity contribution is 5.93. The number of carbonyl (C=O) groups excluding carboxylic acids is 1. The van der Waals surface area contributed by atoms with Gasteiger partial charge in [0, 0.05) is 18.6 Å². The van der Waals surface area contributed by atoms with Crippen LogP contribution in [0.3, 0.4) is 0 Å². The molecule has 1 aromatic carbocycles. The summed E-state index contributed by atoms with van der Waals surface area (Å²) >= 11 is 0. The zero-order valence-electron chi connectivity index (χ0n) is 13.1. The Balaban J connectivity index is 1.86. The number of carbonyl (C=O) groups is 1. The third-order valence-electron chi connectivity index (χ3n) is 3.73. The number of hydrogen-bond donors (Lipinski definition) is 1. The number of pyridine rings is 1. The van der Waals surface area contributed by atoms with Crippen LogP contribution in [0.1, 0.15) is 34.6 Å². The van der Waals surface area contributed by atoms with Gasteiger partial charge < -0.3 is 5.32 Å². The van der Waals surface area contributed by atoms with Gasteiger partial charge in [-0.25, -0.2) is 4.68 Å². The van der Waals surface area contributed by atoms with E-state index in [1.165, 1.54) is 0 Å². The summed E-state index contributed by atoms with van der Waals surface area (Å²) in [6.45, 7) is 3.84. The summed E-state index contributed by atoms with van der Waals surface area (Å²) in [6.07, 6.45) is 5.25. The number of nitrogens with one attached hydrogen (secondary N) is 1. The summed E-state index contributed by atoms with van der Waals surface area (Å²) in [6, 6.07) is 13.3. The monoisotopic (exact) mass is 306 g/mol. The van der Waals surface area contributed by atoms with Gasteiger partial charge in [0.2, 0.25) is 0 Å². The molecular formula is C18H18N4O. The molecule has 1 amide bonds. The molecule has 5 heteroatoms. The summed E-state index contributed by atoms with van der Waals surface area (Å²) in [5, 5.41) is 7.29. The van der Waals surface area contributed by atoms with Crippen LogP contribution in [0.15, 0.2) is 61.1 Å². The van der Waals surface area contributed by atoms with Gasteiger partial charge in [-0.05, 0) is 43.2 Å². The SMILES string of the molecule is Cc1cccnc1C(=O)N[C@H](C)c1ccccc1-n1cccn1. The predicted octanol–water partition coefficient (Wildman–Crippen LogP) is 3.07. The Labute approximate surface area is 135 Å². The largest absolute Gasteiger partial charge is 0.344 e. The second kappa shape index (κ2) is 6.44. The number of rotatable bonds is 4. The van der Waals surface area contributed by atoms with Crippen LogP contribution in [0.25, 0.3) is 5.69 Å². The van der Waals surface area contributed by atoms with Crippen LogP contribution in [0, 0.1) is 6.92 Å². The average molecular weight is 306 g/mol. The van der Waals surface area contributed by atoms with E-state index in [1.54, 1.807) is 17.1 Å². The van der Waals surface area contributed by atoms with Crippen LogP contribution < -0.4 is 5.32 Å². The van der Waals surface area contributed by atoms with Crippen molar-refractivity contribution in [3.63, 3.8) is 0 Å². The molecular weight excluding hydrogens is 288 g/mol. The lowest BCUT2D eigenvalue weighted by atomic mass is 10.1. The van der Waals surface area contributed by atoms with Gasteiger partial charge in [-0.2, -0.15) is 5.10 Å². The molecule has 1 atom stereocenters. The Kier molecular flexibility index (Phi) is 4.19. The minimum absolute atomic E-state index is 0.163. The van der Waals surface area contributed by atoms with Crippen molar-refractivity contribution in [1.82, 2.24) is 20.1 Å². The molecule has 0 unspecified atom stereocenters. The summed E-state index contributed by atoms with van der Waals surface area (Å²) in [4.78, 5) is 16.6. The minimum Gasteiger partial charge on any atom is -0.344 e. The first-order chi connectivity index (χ1) is 11.2. The Morgan fingerprint density at radius 1 is 1.13 bits per heavy atom. The Hall–Kier alpha value is -2.95. The lowest BCUT2D eigenvalue weighted by Crippen LogP contribution is -2.28. The van der Waals surface area contributed by atoms with Crippen LogP contribution >= 0.6 is 0 Å². The number of hydrogen-bond acceptors (Lipinski definition) is 3. The van der Waals surface area contributed by atoms with E-state index in [4.69, 9.17) is 0 Å². The quantitative estimate of drug-likeness (QED) is 0.806. The van der Waals surface area contributed by atoms with Crippen molar-refractivity contribution in [1.29, 1.82) is 0 Å². The van der Waals surface area contributed by atoms with Gasteiger partial charge in [0.15, 0.2) is 0 Å². The van der Waals surface area contributed by atoms with Crippen LogP contribution in [0.4, 0.5) is 0 Å². The number of nitrogens with zero attached hydrogens (tertiary/aromatic N) is 3. The normalized spacial score (nSPS) is 11.9. The fourth-order valence-corrected chi connectivity index (χ4v) is 2.54. The van der Waals surface area contributed by atoms with Crippen molar-refractivity contribution >= 4 is 5.91 Å². The van der Waals surface area contributed by atoms with Crippen molar-refractivity contribution < 1.29 is 4.79 Å². The Bertz CT molecular complexity index is 811. The zero-order chi connectivity index (χ0) is 16.2. The highest BCUT2D eigenvalue weighted by atomic mass is 16.1. The smallest absolute Gasteiger partial charge is 0.270 e. The first kappa shape index (κ1) is 15.0. The van der Waals surface area contributed by atoms with E-state index >= 15 is 0 Å². The molecule has 3 aromatic rings. The third kappa shape index (κ3) is 3.13. The molecule has 5 nitrogen and oxygen atoms in total. The maximum absolute atomic E-state index is 12.5. The summed E-state index contributed by atoms with van der Waals surface area (Å²) < 4.78 is 1.80. The van der Waals surface area contributed by atoms with Gasteiger partial charge in [-0.3, -0.25) is 9.78 Å². The lowest BCUT2D eigenvalue weighted by Gasteiger charge is -2.18. The fraction of sp³-hybridized carbons (Fsp3) is 0.167. The van der Waals surface area contributed by atoms with Crippen molar-refractivity contribution in [3.8, 4) is 5.69 Å². The molecule has 0 aliphatic heterocycles. The second-order valence-electron chi connectivity index (χ2n) is 5.37. The molecule has 23 heavy (non-hydrogen) atoms. The molecule has 0 bridgehead atoms. The van der Waals surface area contributed by atoms with E-state index < -0.39 is 0 Å². The molecule has 3 rings (SSSR count). The summed E-state index contributed by atoms with van der Waals surface area (Å²) in [5.74, 6) is -0.175. The van der Waals surface area contributed by atoms with Crippen molar-refractivity contribution in [2.75, 3.05) is 0 Å². The van der Waals surface area contributed by atoms with Crippen molar-refractivity contribution in [3.05, 3.63) is 77.9 Å². The van der Waals surface area contributed by atoms with Gasteiger partial charge in [0.25, 0.3) is 5.91 Å². The average Bonchev–Trinajstić information content (AvgIpc) is 3.09. The Morgan fingerprint density at radius 2 is 1.96 bits per heavy atom. The van der Waals surface area contributed by atoms with Gasteiger partial charge in [-0.15, -0.1) is 0 Å². The van der Waals surface area contributed by atoms with Crippen molar-refractivity contribution in [2.24, 2.45) is 0 Å². The molecule has 0 aliphatic carbocycles. The van der Waals surface area contributed by atoms with E-state index in [1.807, 2.05) is 62.5 Å². The topological polar surface area (TPSA) is 59.8 Å². The van der Waals surface area contributed by atoms with E-state index in [9.17, 15) is 4.79 Å². The molecule has 0 radical (unpaired) electrons. The molecule has 0 saturated carbocycles. The molecule has 2 heterocycles. The predicted molar refractivity (Wildman–Crippen MR) is 88.4 cm³/mol. The number of benzene rings is 1. The minimum atomic E-state index is -0.175. The van der Waals surface area contributed by atoms with Gasteiger partial charge in [0.05, 0.1) is 11.7 Å². The molecule has 116 valence electrons. The van der Waals surface area contributed by atoms with E-state index in [0.717, 1.165) is 16.8 Å². The van der Waals surface area contributed by atoms with Gasteiger partial charge in [-0.1, -0.05) is 24.3 Å². The number of amides is 1. The molecule has 0 aliphatic rings. The number of para-hydroxylation sites is 1. The van der Waals surface area contributed by atoms with Crippen LogP contribution in [-0.4, -0.2) is 20.7 Å². The fourth-order valence-electron chi connectivity index (χ4n) is 2.54. The molecule has 1 N–H and O–H groups in total. The first-order valence-electron chi connectivity index (χ1n) is 7.48. The highest BCUT2D eigenvalue weighted by Crippen LogP contribution is 2.21. The summed E-state index contributed by atoms with van der Waals surface area (Å²) in [5.41, 5.74) is 3.26. The third-order valence-corrected chi connectivity index (χ3v) is 3.73. The maximum Gasteiger partial charge on any atom is 0.270 e.